The lowest BCUT2D eigenvalue weighted by Gasteiger charge is -1.89. The standard InChI is InChI=1S/C6H5N4O2/c7-5-3-4(10(11)12)1-2-6(5)9-8/h1-3H,7H2/q+1. The molecule has 2 N–H and O–H groups in total. The first-order valence-corrected chi connectivity index (χ1v) is 3.04. The van der Waals surface area contributed by atoms with Gasteiger partial charge in [0.05, 0.1) is 4.92 Å². The van der Waals surface area contributed by atoms with Gasteiger partial charge in [0.15, 0.2) is 4.98 Å². The number of nitrogens with two attached hydrogens (primary N) is 1. The van der Waals surface area contributed by atoms with E-state index in [0.29, 0.717) is 0 Å². The fraction of sp³-hybridized carbons (Fsp3) is 0. The SMILES string of the molecule is N#[N+]c1ccc([N+](=O)[O-])cc1N. The molecule has 0 bridgehead atoms. The van der Waals surface area contributed by atoms with Gasteiger partial charge in [-0.1, -0.05) is 0 Å². The Bertz CT molecular complexity index is 368. The Hall–Kier alpha value is -2.16. The maximum absolute atomic E-state index is 10.2. The molecule has 1 aromatic carbocycles. The van der Waals surface area contributed by atoms with Crippen molar-refractivity contribution in [3.05, 3.63) is 33.3 Å². The molecule has 1 rings (SSSR count). The fourth-order valence-corrected chi connectivity index (χ4v) is 0.747. The molecule has 0 fully saturated rings. The lowest BCUT2D eigenvalue weighted by molar-refractivity contribution is -0.384. The number of anilines is 1. The van der Waals surface area contributed by atoms with Gasteiger partial charge in [-0.2, -0.15) is 0 Å². The van der Waals surface area contributed by atoms with Crippen molar-refractivity contribution in [2.75, 3.05) is 5.73 Å². The zero-order valence-electron chi connectivity index (χ0n) is 5.97. The molecule has 60 valence electrons. The highest BCUT2D eigenvalue weighted by Gasteiger charge is 2.15. The van der Waals surface area contributed by atoms with Crippen LogP contribution in [0.4, 0.5) is 17.1 Å². The lowest BCUT2D eigenvalue weighted by atomic mass is 10.2. The Morgan fingerprint density at radius 1 is 1.58 bits per heavy atom. The van der Waals surface area contributed by atoms with Crippen LogP contribution in [-0.4, -0.2) is 4.92 Å². The summed E-state index contributed by atoms with van der Waals surface area (Å²) in [6, 6.07) is 3.62. The molecule has 12 heavy (non-hydrogen) atoms. The number of nitro benzene ring substituents is 1. The van der Waals surface area contributed by atoms with E-state index >= 15 is 0 Å². The van der Waals surface area contributed by atoms with Crippen molar-refractivity contribution in [1.29, 1.82) is 5.39 Å². The van der Waals surface area contributed by atoms with Crippen LogP contribution >= 0.6 is 0 Å². The van der Waals surface area contributed by atoms with Crippen molar-refractivity contribution in [2.45, 2.75) is 0 Å². The molecule has 0 amide bonds. The van der Waals surface area contributed by atoms with Crippen LogP contribution in [0.3, 0.4) is 0 Å². The highest BCUT2D eigenvalue weighted by Crippen LogP contribution is 2.25. The van der Waals surface area contributed by atoms with Crippen LogP contribution in [0.5, 0.6) is 0 Å². The third-order valence-electron chi connectivity index (χ3n) is 1.33. The van der Waals surface area contributed by atoms with Gasteiger partial charge in [-0.05, 0) is 0 Å². The van der Waals surface area contributed by atoms with Gasteiger partial charge in [0, 0.05) is 18.2 Å². The molecular weight excluding hydrogens is 160 g/mol. The van der Waals surface area contributed by atoms with Crippen LogP contribution in [0.15, 0.2) is 18.2 Å². The number of nitrogens with zero attached hydrogens (tertiary/aromatic N) is 3. The molecular formula is C6H5N4O2+. The first kappa shape index (κ1) is 7.94. The summed E-state index contributed by atoms with van der Waals surface area (Å²) in [5, 5.41) is 18.5. The number of nitrogen functional groups attached to an aromatic ring is 1. The van der Waals surface area contributed by atoms with Crippen molar-refractivity contribution < 1.29 is 4.92 Å². The van der Waals surface area contributed by atoms with Gasteiger partial charge in [-0.25, -0.2) is 0 Å². The highest BCUT2D eigenvalue weighted by molar-refractivity contribution is 5.69. The smallest absolute Gasteiger partial charge is 0.392 e. The van der Waals surface area contributed by atoms with E-state index < -0.39 is 4.92 Å². The molecule has 0 saturated carbocycles. The molecule has 0 spiro atoms. The van der Waals surface area contributed by atoms with E-state index in [2.05, 4.69) is 4.98 Å². The van der Waals surface area contributed by atoms with Crippen LogP contribution in [0.2, 0.25) is 0 Å². The maximum Gasteiger partial charge on any atom is 0.408 e. The Morgan fingerprint density at radius 3 is 2.67 bits per heavy atom. The predicted molar refractivity (Wildman–Crippen MR) is 42.3 cm³/mol. The van der Waals surface area contributed by atoms with Crippen LogP contribution in [0.1, 0.15) is 0 Å². The number of nitro groups is 1. The number of hydrogen-bond acceptors (Lipinski definition) is 4. The molecule has 1 aromatic rings. The molecule has 0 aromatic heterocycles. The van der Waals surface area contributed by atoms with E-state index in [-0.39, 0.29) is 17.1 Å². The Labute approximate surface area is 67.4 Å². The summed E-state index contributed by atoms with van der Waals surface area (Å²) >= 11 is 0. The zero-order chi connectivity index (χ0) is 9.14. The van der Waals surface area contributed by atoms with Gasteiger partial charge in [0.25, 0.3) is 5.69 Å². The summed E-state index contributed by atoms with van der Waals surface area (Å²) in [6.07, 6.45) is 0. The van der Waals surface area contributed by atoms with Gasteiger partial charge < -0.3 is 5.73 Å². The largest absolute Gasteiger partial charge is 0.408 e. The molecule has 0 saturated heterocycles. The highest BCUT2D eigenvalue weighted by atomic mass is 16.6. The second-order valence-corrected chi connectivity index (χ2v) is 2.10. The maximum atomic E-state index is 10.2. The van der Waals surface area contributed by atoms with Crippen molar-refractivity contribution in [3.8, 4) is 0 Å². The van der Waals surface area contributed by atoms with Crippen molar-refractivity contribution >= 4 is 17.1 Å². The van der Waals surface area contributed by atoms with Crippen molar-refractivity contribution in [1.82, 2.24) is 0 Å². The van der Waals surface area contributed by atoms with Crippen LogP contribution in [-0.2, 0) is 0 Å². The first-order chi connectivity index (χ1) is 5.65. The summed E-state index contributed by atoms with van der Waals surface area (Å²) in [5.74, 6) is 0. The summed E-state index contributed by atoms with van der Waals surface area (Å²) in [4.78, 5) is 12.5. The number of hydrogen-bond donors (Lipinski definition) is 1. The number of non-ortho nitro benzene ring substituents is 1. The molecule has 0 heterocycles. The molecule has 0 unspecified atom stereocenters. The van der Waals surface area contributed by atoms with Gasteiger partial charge in [-0.15, -0.1) is 0 Å². The Balaban J connectivity index is 3.21. The van der Waals surface area contributed by atoms with E-state index in [0.717, 1.165) is 6.07 Å². The Morgan fingerprint density at radius 2 is 2.25 bits per heavy atom. The van der Waals surface area contributed by atoms with Gasteiger partial charge >= 0.3 is 5.69 Å². The molecule has 0 atom stereocenters. The van der Waals surface area contributed by atoms with E-state index in [1.54, 1.807) is 0 Å². The van der Waals surface area contributed by atoms with E-state index in [9.17, 15) is 10.1 Å². The average molecular weight is 165 g/mol. The third kappa shape index (κ3) is 1.29. The summed E-state index contributed by atoms with van der Waals surface area (Å²) in [7, 11) is 0. The minimum Gasteiger partial charge on any atom is -0.392 e. The summed E-state index contributed by atoms with van der Waals surface area (Å²) in [5.41, 5.74) is 5.39. The summed E-state index contributed by atoms with van der Waals surface area (Å²) in [6.45, 7) is 0. The van der Waals surface area contributed by atoms with E-state index in [1.165, 1.54) is 12.1 Å². The zero-order valence-corrected chi connectivity index (χ0v) is 5.97. The lowest BCUT2D eigenvalue weighted by Crippen LogP contribution is -1.90. The second-order valence-electron chi connectivity index (χ2n) is 2.10. The monoisotopic (exact) mass is 165 g/mol. The topological polar surface area (TPSA) is 97.3 Å². The third-order valence-corrected chi connectivity index (χ3v) is 1.33. The summed E-state index contributed by atoms with van der Waals surface area (Å²) < 4.78 is 0. The van der Waals surface area contributed by atoms with Crippen LogP contribution in [0.25, 0.3) is 4.98 Å². The normalized spacial score (nSPS) is 8.92. The predicted octanol–water partition coefficient (Wildman–Crippen LogP) is 1.66. The second kappa shape index (κ2) is 2.84. The van der Waals surface area contributed by atoms with E-state index in [4.69, 9.17) is 11.1 Å². The van der Waals surface area contributed by atoms with Gasteiger partial charge in [0.1, 0.15) is 5.69 Å². The van der Waals surface area contributed by atoms with Gasteiger partial charge in [-0.3, -0.25) is 10.1 Å². The molecule has 6 heteroatoms. The number of benzene rings is 1. The minimum atomic E-state index is -0.572. The molecule has 0 aliphatic rings. The minimum absolute atomic E-state index is 0.0756. The Kier molecular flexibility index (Phi) is 1.88. The quantitative estimate of drug-likeness (QED) is 0.296. The average Bonchev–Trinajstić information content (AvgIpc) is 2.04. The number of diazo groups is 1. The number of rotatable bonds is 1. The molecule has 6 nitrogen and oxygen atoms in total. The fourth-order valence-electron chi connectivity index (χ4n) is 0.747. The van der Waals surface area contributed by atoms with Crippen LogP contribution < -0.4 is 5.73 Å². The molecule has 0 aliphatic heterocycles. The van der Waals surface area contributed by atoms with Crippen molar-refractivity contribution in [3.63, 3.8) is 0 Å². The van der Waals surface area contributed by atoms with Crippen LogP contribution in [0, 0.1) is 15.5 Å². The molecule has 0 aliphatic carbocycles. The van der Waals surface area contributed by atoms with Gasteiger partial charge in [0.2, 0.25) is 5.39 Å². The van der Waals surface area contributed by atoms with Crippen molar-refractivity contribution in [2.24, 2.45) is 0 Å². The van der Waals surface area contributed by atoms with E-state index in [1.807, 2.05) is 0 Å². The molecule has 0 radical (unpaired) electrons. The first-order valence-electron chi connectivity index (χ1n) is 3.04.